The Bertz CT molecular complexity index is 448. The molecule has 3 nitrogen and oxygen atoms in total. The van der Waals surface area contributed by atoms with Crippen molar-refractivity contribution in [3.63, 3.8) is 0 Å². The summed E-state index contributed by atoms with van der Waals surface area (Å²) in [6.45, 7) is 9.36. The Kier molecular flexibility index (Phi) is 4.72. The van der Waals surface area contributed by atoms with Crippen molar-refractivity contribution in [3.05, 3.63) is 34.9 Å². The Hall–Kier alpha value is -1.19. The van der Waals surface area contributed by atoms with Crippen molar-refractivity contribution in [3.8, 4) is 0 Å². The number of carbonyl (C=O) groups excluding carboxylic acids is 1. The number of hydrogen-bond acceptors (Lipinski definition) is 3. The lowest BCUT2D eigenvalue weighted by Crippen LogP contribution is -2.40. The molecule has 1 atom stereocenters. The molecule has 1 aliphatic rings. The van der Waals surface area contributed by atoms with E-state index in [-0.39, 0.29) is 11.8 Å². The summed E-state index contributed by atoms with van der Waals surface area (Å²) in [6, 6.07) is 6.02. The largest absolute Gasteiger partial charge is 0.380 e. The van der Waals surface area contributed by atoms with Crippen LogP contribution in [0.3, 0.4) is 0 Å². The molecule has 0 bridgehead atoms. The lowest BCUT2D eigenvalue weighted by atomic mass is 9.97. The number of nitrogens with zero attached hydrogens (tertiary/aromatic N) is 1. The summed E-state index contributed by atoms with van der Waals surface area (Å²) in [7, 11) is 0. The van der Waals surface area contributed by atoms with Crippen LogP contribution in [-0.2, 0) is 4.74 Å². The van der Waals surface area contributed by atoms with Crippen LogP contribution in [0.2, 0.25) is 0 Å². The third-order valence-corrected chi connectivity index (χ3v) is 3.84. The Balaban J connectivity index is 2.15. The second-order valence-electron chi connectivity index (χ2n) is 5.36. The first-order valence-corrected chi connectivity index (χ1v) is 7.03. The highest BCUT2D eigenvalue weighted by molar-refractivity contribution is 6.01. The van der Waals surface area contributed by atoms with Crippen LogP contribution in [0.5, 0.6) is 0 Å². The van der Waals surface area contributed by atoms with Crippen molar-refractivity contribution in [2.24, 2.45) is 0 Å². The van der Waals surface area contributed by atoms with Gasteiger partial charge in [0.05, 0.1) is 12.6 Å². The summed E-state index contributed by atoms with van der Waals surface area (Å²) >= 11 is 0. The quantitative estimate of drug-likeness (QED) is 0.783. The second kappa shape index (κ2) is 6.31. The second-order valence-corrected chi connectivity index (χ2v) is 5.36. The predicted molar refractivity (Wildman–Crippen MR) is 76.7 cm³/mol. The zero-order valence-corrected chi connectivity index (χ0v) is 12.1. The van der Waals surface area contributed by atoms with Crippen molar-refractivity contribution >= 4 is 5.78 Å². The van der Waals surface area contributed by atoms with E-state index < -0.39 is 0 Å². The number of carbonyl (C=O) groups is 1. The van der Waals surface area contributed by atoms with Crippen molar-refractivity contribution in [1.82, 2.24) is 4.90 Å². The van der Waals surface area contributed by atoms with Gasteiger partial charge in [0.2, 0.25) is 0 Å². The number of ether oxygens (including phenoxy) is 1. The van der Waals surface area contributed by atoms with E-state index >= 15 is 0 Å². The van der Waals surface area contributed by atoms with E-state index in [0.29, 0.717) is 0 Å². The molecule has 0 saturated carbocycles. The van der Waals surface area contributed by atoms with Crippen LogP contribution in [0.4, 0.5) is 0 Å². The Morgan fingerprint density at radius 2 is 2.05 bits per heavy atom. The average molecular weight is 261 g/mol. The minimum atomic E-state index is -0.0674. The fraction of sp³-hybridized carbons (Fsp3) is 0.562. The molecule has 104 valence electrons. The standard InChI is InChI=1S/C16H23NO2/c1-12-5-6-13(2)15(11-12)16(18)14(3)17-7-4-9-19-10-8-17/h5-6,11,14H,4,7-10H2,1-3H3. The molecule has 2 rings (SSSR count). The fourth-order valence-electron chi connectivity index (χ4n) is 2.54. The first-order chi connectivity index (χ1) is 9.09. The molecule has 1 fully saturated rings. The van der Waals surface area contributed by atoms with Gasteiger partial charge >= 0.3 is 0 Å². The number of Topliss-reactive ketones (excluding diaryl/α,β-unsaturated/α-hetero) is 1. The summed E-state index contributed by atoms with van der Waals surface area (Å²) in [4.78, 5) is 14.9. The maximum atomic E-state index is 12.6. The zero-order valence-electron chi connectivity index (χ0n) is 12.1. The molecule has 19 heavy (non-hydrogen) atoms. The van der Waals surface area contributed by atoms with Crippen LogP contribution in [-0.4, -0.2) is 43.0 Å². The van der Waals surface area contributed by atoms with Gasteiger partial charge in [-0.25, -0.2) is 0 Å². The van der Waals surface area contributed by atoms with Crippen LogP contribution in [0.25, 0.3) is 0 Å². The lowest BCUT2D eigenvalue weighted by molar-refractivity contribution is 0.0824. The third kappa shape index (κ3) is 3.43. The van der Waals surface area contributed by atoms with E-state index in [9.17, 15) is 4.79 Å². The van der Waals surface area contributed by atoms with Crippen molar-refractivity contribution in [1.29, 1.82) is 0 Å². The molecular formula is C16H23NO2. The van der Waals surface area contributed by atoms with Crippen LogP contribution < -0.4 is 0 Å². The molecule has 0 aliphatic carbocycles. The van der Waals surface area contributed by atoms with Gasteiger partial charge in [-0.2, -0.15) is 0 Å². The molecule has 0 amide bonds. The molecule has 1 aromatic carbocycles. The Labute approximate surface area is 115 Å². The highest BCUT2D eigenvalue weighted by Gasteiger charge is 2.24. The highest BCUT2D eigenvalue weighted by atomic mass is 16.5. The molecule has 0 radical (unpaired) electrons. The first-order valence-electron chi connectivity index (χ1n) is 7.03. The summed E-state index contributed by atoms with van der Waals surface area (Å²) < 4.78 is 5.45. The maximum absolute atomic E-state index is 12.6. The van der Waals surface area contributed by atoms with Gasteiger partial charge in [-0.1, -0.05) is 17.7 Å². The number of hydrogen-bond donors (Lipinski definition) is 0. The van der Waals surface area contributed by atoms with E-state index in [1.54, 1.807) is 0 Å². The summed E-state index contributed by atoms with van der Waals surface area (Å²) in [5.74, 6) is 0.225. The third-order valence-electron chi connectivity index (χ3n) is 3.84. The van der Waals surface area contributed by atoms with E-state index in [2.05, 4.69) is 11.0 Å². The van der Waals surface area contributed by atoms with E-state index in [1.165, 1.54) is 0 Å². The Morgan fingerprint density at radius 3 is 2.84 bits per heavy atom. The molecule has 0 spiro atoms. The van der Waals surface area contributed by atoms with Crippen LogP contribution >= 0.6 is 0 Å². The molecule has 1 heterocycles. The fourth-order valence-corrected chi connectivity index (χ4v) is 2.54. The van der Waals surface area contributed by atoms with Gasteiger partial charge in [-0.3, -0.25) is 9.69 Å². The maximum Gasteiger partial charge on any atom is 0.179 e. The van der Waals surface area contributed by atoms with Gasteiger partial charge in [0.1, 0.15) is 0 Å². The first kappa shape index (κ1) is 14.2. The van der Waals surface area contributed by atoms with Gasteiger partial charge in [0.15, 0.2) is 5.78 Å². The van der Waals surface area contributed by atoms with Crippen LogP contribution in [0, 0.1) is 13.8 Å². The molecular weight excluding hydrogens is 238 g/mol. The number of ketones is 1. The minimum absolute atomic E-state index is 0.0674. The lowest BCUT2D eigenvalue weighted by Gasteiger charge is -2.26. The van der Waals surface area contributed by atoms with E-state index in [0.717, 1.165) is 49.4 Å². The average Bonchev–Trinajstić information content (AvgIpc) is 2.69. The number of benzene rings is 1. The smallest absolute Gasteiger partial charge is 0.179 e. The molecule has 1 aliphatic heterocycles. The summed E-state index contributed by atoms with van der Waals surface area (Å²) in [6.07, 6.45) is 1.00. The molecule has 0 N–H and O–H groups in total. The Morgan fingerprint density at radius 1 is 1.26 bits per heavy atom. The highest BCUT2D eigenvalue weighted by Crippen LogP contribution is 2.16. The predicted octanol–water partition coefficient (Wildman–Crippen LogP) is 2.60. The number of aryl methyl sites for hydroxylation is 2. The topological polar surface area (TPSA) is 29.5 Å². The molecule has 0 aromatic heterocycles. The van der Waals surface area contributed by atoms with Gasteiger partial charge in [0.25, 0.3) is 0 Å². The zero-order chi connectivity index (χ0) is 13.8. The summed E-state index contributed by atoms with van der Waals surface area (Å²) in [5.41, 5.74) is 3.06. The number of rotatable bonds is 3. The van der Waals surface area contributed by atoms with E-state index in [4.69, 9.17) is 4.74 Å². The normalized spacial score (nSPS) is 18.9. The van der Waals surface area contributed by atoms with Gasteiger partial charge in [0, 0.05) is 25.3 Å². The minimum Gasteiger partial charge on any atom is -0.380 e. The van der Waals surface area contributed by atoms with Crippen LogP contribution in [0.15, 0.2) is 18.2 Å². The summed E-state index contributed by atoms with van der Waals surface area (Å²) in [5, 5.41) is 0. The van der Waals surface area contributed by atoms with Crippen molar-refractivity contribution < 1.29 is 9.53 Å². The molecule has 1 unspecified atom stereocenters. The van der Waals surface area contributed by atoms with Gasteiger partial charge in [-0.15, -0.1) is 0 Å². The van der Waals surface area contributed by atoms with Crippen LogP contribution in [0.1, 0.15) is 34.8 Å². The van der Waals surface area contributed by atoms with Crippen molar-refractivity contribution in [2.45, 2.75) is 33.2 Å². The molecule has 1 aromatic rings. The monoisotopic (exact) mass is 261 g/mol. The van der Waals surface area contributed by atoms with Crippen molar-refractivity contribution in [2.75, 3.05) is 26.3 Å². The van der Waals surface area contributed by atoms with E-state index in [1.807, 2.05) is 32.9 Å². The molecule has 3 heteroatoms. The SMILES string of the molecule is Cc1ccc(C)c(C(=O)C(C)N2CCCOCC2)c1. The molecule has 1 saturated heterocycles. The van der Waals surface area contributed by atoms with Gasteiger partial charge in [-0.05, 0) is 38.8 Å². The van der Waals surface area contributed by atoms with Gasteiger partial charge < -0.3 is 4.74 Å².